The molecule has 0 bridgehead atoms. The summed E-state index contributed by atoms with van der Waals surface area (Å²) >= 11 is 16.6. The van der Waals surface area contributed by atoms with Gasteiger partial charge in [-0.2, -0.15) is 23.5 Å². The summed E-state index contributed by atoms with van der Waals surface area (Å²) in [5, 5.41) is 6.55. The van der Waals surface area contributed by atoms with Gasteiger partial charge < -0.3 is 5.32 Å². The second kappa shape index (κ2) is 8.93. The molecule has 0 aliphatic carbocycles. The lowest BCUT2D eigenvalue weighted by atomic mass is 10.0. The molecule has 1 nitrogen and oxygen atoms in total. The summed E-state index contributed by atoms with van der Waals surface area (Å²) in [5.41, 5.74) is 1.19. The van der Waals surface area contributed by atoms with Gasteiger partial charge in [-0.25, -0.2) is 0 Å². The molecular weight excluding hydrogens is 341 g/mol. The van der Waals surface area contributed by atoms with Crippen LogP contribution in [0.2, 0.25) is 10.0 Å². The predicted molar refractivity (Wildman–Crippen MR) is 100 cm³/mol. The van der Waals surface area contributed by atoms with Crippen molar-refractivity contribution in [1.29, 1.82) is 0 Å². The number of rotatable bonds is 6. The van der Waals surface area contributed by atoms with Crippen LogP contribution in [0.5, 0.6) is 0 Å². The van der Waals surface area contributed by atoms with Gasteiger partial charge in [-0.3, -0.25) is 0 Å². The van der Waals surface area contributed by atoms with Gasteiger partial charge in [0.15, 0.2) is 0 Å². The van der Waals surface area contributed by atoms with Gasteiger partial charge in [0.2, 0.25) is 0 Å². The Hall–Kier alpha value is 0.460. The Balaban J connectivity index is 2.11. The average Bonchev–Trinajstić information content (AvgIpc) is 2.46. The maximum atomic E-state index is 6.36. The molecule has 0 saturated carbocycles. The molecule has 3 unspecified atom stereocenters. The van der Waals surface area contributed by atoms with Crippen molar-refractivity contribution in [1.82, 2.24) is 5.32 Å². The van der Waals surface area contributed by atoms with Crippen LogP contribution in [0.15, 0.2) is 18.2 Å². The molecule has 1 heterocycles. The average molecular weight is 364 g/mol. The van der Waals surface area contributed by atoms with Gasteiger partial charge in [0.25, 0.3) is 0 Å². The number of benzene rings is 1. The maximum Gasteiger partial charge on any atom is 0.0453 e. The SMILES string of the molecule is CCCNC(Cc1ccc(Cl)cc1Cl)C1SCCSC1C. The second-order valence-electron chi connectivity index (χ2n) is 5.41. The second-order valence-corrected chi connectivity index (χ2v) is 9.03. The molecule has 2 rings (SSSR count). The lowest BCUT2D eigenvalue weighted by molar-refractivity contribution is 0.487. The lowest BCUT2D eigenvalue weighted by Crippen LogP contribution is -2.46. The highest BCUT2D eigenvalue weighted by atomic mass is 35.5. The Morgan fingerprint density at radius 3 is 2.71 bits per heavy atom. The van der Waals surface area contributed by atoms with E-state index in [1.54, 1.807) is 0 Å². The van der Waals surface area contributed by atoms with Crippen molar-refractivity contribution in [2.24, 2.45) is 0 Å². The Morgan fingerprint density at radius 2 is 2.05 bits per heavy atom. The van der Waals surface area contributed by atoms with E-state index in [1.165, 1.54) is 17.1 Å². The number of thioether (sulfide) groups is 2. The molecule has 0 radical (unpaired) electrons. The van der Waals surface area contributed by atoms with Crippen LogP contribution in [-0.2, 0) is 6.42 Å². The molecule has 1 saturated heterocycles. The van der Waals surface area contributed by atoms with Gasteiger partial charge in [0.1, 0.15) is 0 Å². The Morgan fingerprint density at radius 1 is 1.29 bits per heavy atom. The third-order valence-corrected chi connectivity index (χ3v) is 7.58. The molecule has 3 atom stereocenters. The molecule has 1 aromatic carbocycles. The fourth-order valence-electron chi connectivity index (χ4n) is 2.65. The highest BCUT2D eigenvalue weighted by Gasteiger charge is 2.30. The zero-order valence-electron chi connectivity index (χ0n) is 12.6. The number of hydrogen-bond acceptors (Lipinski definition) is 3. The largest absolute Gasteiger partial charge is 0.313 e. The van der Waals surface area contributed by atoms with E-state index in [2.05, 4.69) is 48.8 Å². The summed E-state index contributed by atoms with van der Waals surface area (Å²) in [6, 6.07) is 6.32. The molecular formula is C16H23Cl2NS2. The van der Waals surface area contributed by atoms with Crippen LogP contribution in [0.3, 0.4) is 0 Å². The van der Waals surface area contributed by atoms with Gasteiger partial charge in [0.05, 0.1) is 0 Å². The van der Waals surface area contributed by atoms with Crippen LogP contribution in [0, 0.1) is 0 Å². The molecule has 1 aromatic rings. The van der Waals surface area contributed by atoms with E-state index in [-0.39, 0.29) is 0 Å². The van der Waals surface area contributed by atoms with E-state index in [0.29, 0.717) is 21.6 Å². The number of nitrogens with one attached hydrogen (secondary N) is 1. The minimum absolute atomic E-state index is 0.469. The van der Waals surface area contributed by atoms with E-state index >= 15 is 0 Å². The molecule has 1 aliphatic heterocycles. The van der Waals surface area contributed by atoms with Gasteiger partial charge in [-0.05, 0) is 37.1 Å². The molecule has 0 aromatic heterocycles. The predicted octanol–water partition coefficient (Wildman–Crippen LogP) is 5.14. The van der Waals surface area contributed by atoms with E-state index in [1.807, 2.05) is 12.1 Å². The molecule has 5 heteroatoms. The standard InChI is InChI=1S/C16H23Cl2NS2/c1-3-6-19-15(16-11(2)20-7-8-21-16)9-12-4-5-13(17)10-14(12)18/h4-5,10-11,15-16,19H,3,6-9H2,1-2H3. The van der Waals surface area contributed by atoms with Gasteiger partial charge >= 0.3 is 0 Å². The summed E-state index contributed by atoms with van der Waals surface area (Å²) < 4.78 is 0. The van der Waals surface area contributed by atoms with Gasteiger partial charge in [0, 0.05) is 38.1 Å². The third-order valence-electron chi connectivity index (χ3n) is 3.75. The topological polar surface area (TPSA) is 12.0 Å². The van der Waals surface area contributed by atoms with E-state index < -0.39 is 0 Å². The van der Waals surface area contributed by atoms with Crippen molar-refractivity contribution in [2.75, 3.05) is 18.1 Å². The van der Waals surface area contributed by atoms with Gasteiger partial charge in [-0.1, -0.05) is 43.1 Å². The Bertz CT molecular complexity index is 456. The molecule has 0 amide bonds. The van der Waals surface area contributed by atoms with Crippen LogP contribution in [-0.4, -0.2) is 34.6 Å². The van der Waals surface area contributed by atoms with Gasteiger partial charge in [-0.15, -0.1) is 0 Å². The first-order chi connectivity index (χ1) is 10.1. The van der Waals surface area contributed by atoms with Crippen molar-refractivity contribution >= 4 is 46.7 Å². The summed E-state index contributed by atoms with van der Waals surface area (Å²) in [7, 11) is 0. The fraction of sp³-hybridized carbons (Fsp3) is 0.625. The van der Waals surface area contributed by atoms with Crippen LogP contribution < -0.4 is 5.32 Å². The quantitative estimate of drug-likeness (QED) is 0.751. The monoisotopic (exact) mass is 363 g/mol. The van der Waals surface area contributed by atoms with Crippen LogP contribution in [0.1, 0.15) is 25.8 Å². The third kappa shape index (κ3) is 5.24. The molecule has 0 spiro atoms. The van der Waals surface area contributed by atoms with Crippen molar-refractivity contribution in [3.63, 3.8) is 0 Å². The maximum absolute atomic E-state index is 6.36. The molecule has 21 heavy (non-hydrogen) atoms. The zero-order chi connectivity index (χ0) is 15.2. The number of halogens is 2. The minimum Gasteiger partial charge on any atom is -0.313 e. The van der Waals surface area contributed by atoms with E-state index in [9.17, 15) is 0 Å². The van der Waals surface area contributed by atoms with Crippen LogP contribution in [0.4, 0.5) is 0 Å². The van der Waals surface area contributed by atoms with Crippen molar-refractivity contribution < 1.29 is 0 Å². The lowest BCUT2D eigenvalue weighted by Gasteiger charge is -2.35. The Labute approximate surface area is 146 Å². The Kier molecular flexibility index (Phi) is 7.57. The highest BCUT2D eigenvalue weighted by Crippen LogP contribution is 2.35. The first-order valence-corrected chi connectivity index (χ1v) is 10.4. The minimum atomic E-state index is 0.469. The van der Waals surface area contributed by atoms with E-state index in [4.69, 9.17) is 23.2 Å². The highest BCUT2D eigenvalue weighted by molar-refractivity contribution is 8.07. The van der Waals surface area contributed by atoms with Crippen molar-refractivity contribution in [3.05, 3.63) is 33.8 Å². The van der Waals surface area contributed by atoms with E-state index in [0.717, 1.165) is 24.4 Å². The van der Waals surface area contributed by atoms with Crippen molar-refractivity contribution in [3.8, 4) is 0 Å². The normalized spacial score (nSPS) is 24.0. The zero-order valence-corrected chi connectivity index (χ0v) is 15.7. The fourth-order valence-corrected chi connectivity index (χ4v) is 6.10. The summed E-state index contributed by atoms with van der Waals surface area (Å²) in [5.74, 6) is 2.52. The van der Waals surface area contributed by atoms with Crippen LogP contribution in [0.25, 0.3) is 0 Å². The van der Waals surface area contributed by atoms with Crippen LogP contribution >= 0.6 is 46.7 Å². The first-order valence-electron chi connectivity index (χ1n) is 7.52. The molecule has 1 fully saturated rings. The first kappa shape index (κ1) is 17.8. The summed E-state index contributed by atoms with van der Waals surface area (Å²) in [6.07, 6.45) is 2.13. The van der Waals surface area contributed by atoms with Crippen molar-refractivity contribution in [2.45, 2.75) is 43.2 Å². The number of hydrogen-bond donors (Lipinski definition) is 1. The summed E-state index contributed by atoms with van der Waals surface area (Å²) in [4.78, 5) is 0. The smallest absolute Gasteiger partial charge is 0.0453 e. The molecule has 1 aliphatic rings. The summed E-state index contributed by atoms with van der Waals surface area (Å²) in [6.45, 7) is 5.63. The molecule has 118 valence electrons. The molecule has 1 N–H and O–H groups in total.